The second-order valence-corrected chi connectivity index (χ2v) is 8.86. The summed E-state index contributed by atoms with van der Waals surface area (Å²) in [4.78, 5) is 29.6. The predicted octanol–water partition coefficient (Wildman–Crippen LogP) is 4.89. The first-order valence-corrected chi connectivity index (χ1v) is 11.6. The lowest BCUT2D eigenvalue weighted by molar-refractivity contribution is -0.139. The van der Waals surface area contributed by atoms with Crippen molar-refractivity contribution in [1.29, 1.82) is 0 Å². The molecule has 0 bridgehead atoms. The lowest BCUT2D eigenvalue weighted by Crippen LogP contribution is -2.32. The summed E-state index contributed by atoms with van der Waals surface area (Å²) in [6.07, 6.45) is 2.70. The lowest BCUT2D eigenvalue weighted by atomic mass is 9.95. The van der Waals surface area contributed by atoms with Crippen LogP contribution in [-0.4, -0.2) is 60.4 Å². The molecule has 1 atom stereocenters. The molecule has 1 N–H and O–H groups in total. The van der Waals surface area contributed by atoms with Gasteiger partial charge < -0.3 is 19.6 Å². The third-order valence-electron chi connectivity index (χ3n) is 5.62. The molecule has 33 heavy (non-hydrogen) atoms. The van der Waals surface area contributed by atoms with Crippen LogP contribution in [0.5, 0.6) is 5.75 Å². The number of amides is 1. The highest BCUT2D eigenvalue weighted by Crippen LogP contribution is 2.39. The fourth-order valence-electron chi connectivity index (χ4n) is 3.86. The maximum Gasteiger partial charge on any atom is 0.295 e. The highest BCUT2D eigenvalue weighted by atomic mass is 35.5. The molecule has 0 radical (unpaired) electrons. The first kappa shape index (κ1) is 24.8. The minimum Gasteiger partial charge on any atom is -0.507 e. The predicted molar refractivity (Wildman–Crippen MR) is 130 cm³/mol. The number of unbranched alkanes of at least 4 members (excludes halogenated alkanes) is 1. The first-order chi connectivity index (χ1) is 15.8. The maximum atomic E-state index is 13.0. The minimum absolute atomic E-state index is 0.0897. The minimum atomic E-state index is -0.680. The number of carbonyl (C=O) groups excluding carboxylic acids is 2. The zero-order valence-corrected chi connectivity index (χ0v) is 20.1. The van der Waals surface area contributed by atoms with E-state index in [1.54, 1.807) is 53.4 Å². The van der Waals surface area contributed by atoms with Crippen molar-refractivity contribution in [2.75, 3.05) is 33.8 Å². The standard InChI is InChI=1S/C26H31ClN2O4/c1-4-5-17-33-21-13-9-19(10-14-21)24(30)22-23(18-7-11-20(27)12-8-18)29(26(32)25(22)31)16-6-15-28(2)3/h7-14,23,30H,4-6,15-17H2,1-3H3/b24-22+. The van der Waals surface area contributed by atoms with Crippen molar-refractivity contribution >= 4 is 29.1 Å². The van der Waals surface area contributed by atoms with Gasteiger partial charge in [-0.3, -0.25) is 9.59 Å². The summed E-state index contributed by atoms with van der Waals surface area (Å²) in [6, 6.07) is 13.3. The second-order valence-electron chi connectivity index (χ2n) is 8.43. The SMILES string of the molecule is CCCCOc1ccc(/C(O)=C2\C(=O)C(=O)N(CCCN(C)C)C2c2ccc(Cl)cc2)cc1. The highest BCUT2D eigenvalue weighted by molar-refractivity contribution is 6.46. The Labute approximate surface area is 200 Å². The molecule has 6 nitrogen and oxygen atoms in total. The monoisotopic (exact) mass is 470 g/mol. The number of benzene rings is 2. The maximum absolute atomic E-state index is 13.0. The largest absolute Gasteiger partial charge is 0.507 e. The smallest absolute Gasteiger partial charge is 0.295 e. The summed E-state index contributed by atoms with van der Waals surface area (Å²) >= 11 is 6.06. The van der Waals surface area contributed by atoms with E-state index in [0.717, 1.165) is 24.9 Å². The average Bonchev–Trinajstić information content (AvgIpc) is 3.04. The Morgan fingerprint density at radius 2 is 1.73 bits per heavy atom. The number of ether oxygens (including phenoxy) is 1. The number of carbonyl (C=O) groups is 2. The molecular formula is C26H31ClN2O4. The molecule has 3 rings (SSSR count). The van der Waals surface area contributed by atoms with Crippen molar-refractivity contribution in [2.24, 2.45) is 0 Å². The average molecular weight is 471 g/mol. The molecule has 7 heteroatoms. The summed E-state index contributed by atoms with van der Waals surface area (Å²) in [5.41, 5.74) is 1.28. The Kier molecular flexibility index (Phi) is 8.53. The topological polar surface area (TPSA) is 70.1 Å². The highest BCUT2D eigenvalue weighted by Gasteiger charge is 2.45. The van der Waals surface area contributed by atoms with Crippen LogP contribution in [-0.2, 0) is 9.59 Å². The van der Waals surface area contributed by atoms with Crippen molar-refractivity contribution in [3.8, 4) is 5.75 Å². The van der Waals surface area contributed by atoms with Gasteiger partial charge >= 0.3 is 0 Å². The quantitative estimate of drug-likeness (QED) is 0.231. The summed E-state index contributed by atoms with van der Waals surface area (Å²) < 4.78 is 5.68. The number of rotatable bonds is 10. The molecule has 0 aliphatic carbocycles. The van der Waals surface area contributed by atoms with Crippen molar-refractivity contribution in [3.63, 3.8) is 0 Å². The summed E-state index contributed by atoms with van der Waals surface area (Å²) in [5.74, 6) is -0.780. The number of Topliss-reactive ketones (excluding diaryl/α,β-unsaturated/α-hetero) is 1. The number of hydrogen-bond donors (Lipinski definition) is 1. The van der Waals surface area contributed by atoms with Gasteiger partial charge in [0, 0.05) is 17.1 Å². The van der Waals surface area contributed by atoms with Crippen LogP contribution in [0, 0.1) is 0 Å². The van der Waals surface area contributed by atoms with Gasteiger partial charge in [-0.15, -0.1) is 0 Å². The Morgan fingerprint density at radius 1 is 1.06 bits per heavy atom. The van der Waals surface area contributed by atoms with Crippen LogP contribution >= 0.6 is 11.6 Å². The normalized spacial score (nSPS) is 17.7. The molecule has 2 aromatic carbocycles. The molecule has 1 aliphatic rings. The molecule has 1 unspecified atom stereocenters. The van der Waals surface area contributed by atoms with Gasteiger partial charge in [0.25, 0.3) is 11.7 Å². The van der Waals surface area contributed by atoms with E-state index < -0.39 is 17.7 Å². The van der Waals surface area contributed by atoms with E-state index in [0.29, 0.717) is 35.9 Å². The Hall–Kier alpha value is -2.83. The Morgan fingerprint density at radius 3 is 2.33 bits per heavy atom. The fourth-order valence-corrected chi connectivity index (χ4v) is 3.98. The third kappa shape index (κ3) is 5.95. The molecule has 1 aliphatic heterocycles. The van der Waals surface area contributed by atoms with Crippen molar-refractivity contribution in [2.45, 2.75) is 32.2 Å². The van der Waals surface area contributed by atoms with Crippen molar-refractivity contribution < 1.29 is 19.4 Å². The number of aliphatic hydroxyl groups is 1. The van der Waals surface area contributed by atoms with Crippen LogP contribution in [0.15, 0.2) is 54.1 Å². The van der Waals surface area contributed by atoms with Crippen LogP contribution in [0.25, 0.3) is 5.76 Å². The summed E-state index contributed by atoms with van der Waals surface area (Å²) in [5, 5.41) is 11.7. The molecule has 0 spiro atoms. The molecule has 176 valence electrons. The molecule has 1 fully saturated rings. The summed E-state index contributed by atoms with van der Waals surface area (Å²) in [6.45, 7) is 3.89. The number of likely N-dealkylation sites (tertiary alicyclic amines) is 1. The molecule has 1 heterocycles. The van der Waals surface area contributed by atoms with Gasteiger partial charge in [0.15, 0.2) is 0 Å². The van der Waals surface area contributed by atoms with Gasteiger partial charge in [-0.2, -0.15) is 0 Å². The Balaban J connectivity index is 1.97. The number of halogens is 1. The van der Waals surface area contributed by atoms with Gasteiger partial charge in [-0.1, -0.05) is 37.1 Å². The van der Waals surface area contributed by atoms with E-state index in [9.17, 15) is 14.7 Å². The first-order valence-electron chi connectivity index (χ1n) is 11.2. The van der Waals surface area contributed by atoms with Gasteiger partial charge in [0.05, 0.1) is 18.2 Å². The van der Waals surface area contributed by atoms with Crippen molar-refractivity contribution in [1.82, 2.24) is 9.80 Å². The van der Waals surface area contributed by atoms with Gasteiger partial charge in [0.2, 0.25) is 0 Å². The third-order valence-corrected chi connectivity index (χ3v) is 5.88. The second kappa shape index (κ2) is 11.3. The molecule has 0 saturated carbocycles. The zero-order valence-electron chi connectivity index (χ0n) is 19.4. The van der Waals surface area contributed by atoms with Crippen LogP contribution in [0.2, 0.25) is 5.02 Å². The molecular weight excluding hydrogens is 440 g/mol. The van der Waals surface area contributed by atoms with Gasteiger partial charge in [-0.05, 0) is 75.4 Å². The van der Waals surface area contributed by atoms with Crippen LogP contribution < -0.4 is 4.74 Å². The molecule has 0 aromatic heterocycles. The van der Waals surface area contributed by atoms with E-state index >= 15 is 0 Å². The number of hydrogen-bond acceptors (Lipinski definition) is 5. The molecule has 1 saturated heterocycles. The number of ketones is 1. The number of aliphatic hydroxyl groups excluding tert-OH is 1. The fraction of sp³-hybridized carbons (Fsp3) is 0.385. The van der Waals surface area contributed by atoms with Crippen LogP contribution in [0.3, 0.4) is 0 Å². The van der Waals surface area contributed by atoms with E-state index in [-0.39, 0.29) is 11.3 Å². The van der Waals surface area contributed by atoms with E-state index in [1.165, 1.54) is 0 Å². The molecule has 1 amide bonds. The van der Waals surface area contributed by atoms with Crippen LogP contribution in [0.4, 0.5) is 0 Å². The Bertz CT molecular complexity index is 1000. The summed E-state index contributed by atoms with van der Waals surface area (Å²) in [7, 11) is 3.92. The zero-order chi connectivity index (χ0) is 24.0. The van der Waals surface area contributed by atoms with Crippen LogP contribution in [0.1, 0.15) is 43.4 Å². The van der Waals surface area contributed by atoms with E-state index in [4.69, 9.17) is 16.3 Å². The molecule has 2 aromatic rings. The van der Waals surface area contributed by atoms with Gasteiger partial charge in [0.1, 0.15) is 11.5 Å². The van der Waals surface area contributed by atoms with E-state index in [1.807, 2.05) is 19.0 Å². The lowest BCUT2D eigenvalue weighted by Gasteiger charge is -2.26. The van der Waals surface area contributed by atoms with E-state index in [2.05, 4.69) is 6.92 Å². The van der Waals surface area contributed by atoms with Gasteiger partial charge in [-0.25, -0.2) is 0 Å². The van der Waals surface area contributed by atoms with Crippen molar-refractivity contribution in [3.05, 3.63) is 70.3 Å². The number of nitrogens with zero attached hydrogens (tertiary/aromatic N) is 2.